The largest absolute Gasteiger partial charge is 0.491 e. The zero-order valence-electron chi connectivity index (χ0n) is 11.4. The van der Waals surface area contributed by atoms with Gasteiger partial charge in [0.1, 0.15) is 5.75 Å². The number of hydrogen-bond acceptors (Lipinski definition) is 3. The fraction of sp³-hybridized carbons (Fsp3) is 0.533. The summed E-state index contributed by atoms with van der Waals surface area (Å²) in [7, 11) is 0. The molecule has 0 bridgehead atoms. The third-order valence-electron chi connectivity index (χ3n) is 2.75. The van der Waals surface area contributed by atoms with Crippen molar-refractivity contribution in [3.05, 3.63) is 29.8 Å². The third kappa shape index (κ3) is 4.77. The van der Waals surface area contributed by atoms with Crippen molar-refractivity contribution in [2.75, 3.05) is 0 Å². The Labute approximate surface area is 110 Å². The van der Waals surface area contributed by atoms with E-state index in [4.69, 9.17) is 10.00 Å². The predicted molar refractivity (Wildman–Crippen MR) is 73.4 cm³/mol. The maximum atomic E-state index is 8.72. The molecule has 98 valence electrons. The van der Waals surface area contributed by atoms with Crippen molar-refractivity contribution in [3.63, 3.8) is 0 Å². The molecule has 3 heteroatoms. The second kappa shape index (κ2) is 7.73. The molecule has 0 aromatic heterocycles. The molecule has 1 aromatic carbocycles. The Bertz CT molecular complexity index is 396. The molecule has 0 saturated carbocycles. The fourth-order valence-corrected chi connectivity index (χ4v) is 1.74. The monoisotopic (exact) mass is 246 g/mol. The fourth-order valence-electron chi connectivity index (χ4n) is 1.74. The molecule has 1 aromatic rings. The van der Waals surface area contributed by atoms with Gasteiger partial charge in [0.2, 0.25) is 0 Å². The lowest BCUT2D eigenvalue weighted by atomic mass is 10.1. The van der Waals surface area contributed by atoms with Crippen LogP contribution in [0, 0.1) is 11.3 Å². The molecule has 0 saturated heterocycles. The second-order valence-corrected chi connectivity index (χ2v) is 4.62. The molecule has 0 aliphatic carbocycles. The zero-order valence-corrected chi connectivity index (χ0v) is 11.4. The number of rotatable bonds is 7. The van der Waals surface area contributed by atoms with Gasteiger partial charge in [-0.1, -0.05) is 25.1 Å². The molecule has 1 N–H and O–H groups in total. The highest BCUT2D eigenvalue weighted by atomic mass is 16.5. The van der Waals surface area contributed by atoms with Gasteiger partial charge >= 0.3 is 0 Å². The Balaban J connectivity index is 2.63. The maximum absolute atomic E-state index is 8.72. The summed E-state index contributed by atoms with van der Waals surface area (Å²) in [6.45, 7) is 6.87. The summed E-state index contributed by atoms with van der Waals surface area (Å²) in [5.41, 5.74) is 1.14. The molecule has 3 nitrogen and oxygen atoms in total. The maximum Gasteiger partial charge on any atom is 0.124 e. The van der Waals surface area contributed by atoms with Crippen LogP contribution in [0.25, 0.3) is 0 Å². The normalized spacial score (nSPS) is 12.2. The number of benzene rings is 1. The summed E-state index contributed by atoms with van der Waals surface area (Å²) in [4.78, 5) is 0. The van der Waals surface area contributed by atoms with Crippen LogP contribution in [0.5, 0.6) is 5.75 Å². The Kier molecular flexibility index (Phi) is 6.24. The summed E-state index contributed by atoms with van der Waals surface area (Å²) in [5.74, 6) is 0.923. The van der Waals surface area contributed by atoms with Crippen LogP contribution in [0.2, 0.25) is 0 Å². The summed E-state index contributed by atoms with van der Waals surface area (Å²) < 4.78 is 5.77. The Morgan fingerprint density at radius 2 is 2.06 bits per heavy atom. The molecule has 0 aliphatic rings. The van der Waals surface area contributed by atoms with Crippen molar-refractivity contribution in [2.45, 2.75) is 52.3 Å². The van der Waals surface area contributed by atoms with E-state index in [0.717, 1.165) is 24.3 Å². The number of hydrogen-bond donors (Lipinski definition) is 1. The first kappa shape index (κ1) is 14.5. The average molecular weight is 246 g/mol. The molecule has 1 rings (SSSR count). The Morgan fingerprint density at radius 1 is 1.33 bits per heavy atom. The van der Waals surface area contributed by atoms with Crippen LogP contribution >= 0.6 is 0 Å². The minimum absolute atomic E-state index is 0.173. The highest BCUT2D eigenvalue weighted by Crippen LogP contribution is 2.19. The number of nitriles is 1. The standard InChI is InChI=1S/C15H22N2O/c1-4-14(9-10-16)17-11-13-7-5-6-8-15(13)18-12(2)3/h5-8,12,14,17H,4,9,11H2,1-3H3. The third-order valence-corrected chi connectivity index (χ3v) is 2.75. The van der Waals surface area contributed by atoms with Crippen molar-refractivity contribution in [1.82, 2.24) is 5.32 Å². The van der Waals surface area contributed by atoms with Crippen LogP contribution in [0.3, 0.4) is 0 Å². The van der Waals surface area contributed by atoms with Crippen LogP contribution in [-0.4, -0.2) is 12.1 Å². The number of nitrogens with zero attached hydrogens (tertiary/aromatic N) is 1. The van der Waals surface area contributed by atoms with E-state index >= 15 is 0 Å². The van der Waals surface area contributed by atoms with Gasteiger partial charge in [0, 0.05) is 18.2 Å². The van der Waals surface area contributed by atoms with Gasteiger partial charge in [-0.3, -0.25) is 0 Å². The van der Waals surface area contributed by atoms with E-state index in [1.54, 1.807) is 0 Å². The number of nitrogens with one attached hydrogen (secondary N) is 1. The zero-order chi connectivity index (χ0) is 13.4. The van der Waals surface area contributed by atoms with E-state index in [1.165, 1.54) is 0 Å². The highest BCUT2D eigenvalue weighted by Gasteiger charge is 2.08. The minimum atomic E-state index is 0.173. The molecule has 0 amide bonds. The van der Waals surface area contributed by atoms with Crippen molar-refractivity contribution in [1.29, 1.82) is 5.26 Å². The average Bonchev–Trinajstić information content (AvgIpc) is 2.35. The number of ether oxygens (including phenoxy) is 1. The van der Waals surface area contributed by atoms with Crippen molar-refractivity contribution < 1.29 is 4.74 Å². The molecule has 0 heterocycles. The van der Waals surface area contributed by atoms with E-state index in [-0.39, 0.29) is 12.1 Å². The Morgan fingerprint density at radius 3 is 2.67 bits per heavy atom. The highest BCUT2D eigenvalue weighted by molar-refractivity contribution is 5.33. The summed E-state index contributed by atoms with van der Waals surface area (Å²) in [6, 6.07) is 10.5. The predicted octanol–water partition coefficient (Wildman–Crippen LogP) is 3.26. The summed E-state index contributed by atoms with van der Waals surface area (Å²) in [6.07, 6.45) is 1.68. The lowest BCUT2D eigenvalue weighted by molar-refractivity contribution is 0.239. The van der Waals surface area contributed by atoms with Gasteiger partial charge in [-0.05, 0) is 26.3 Å². The van der Waals surface area contributed by atoms with Crippen LogP contribution < -0.4 is 10.1 Å². The lowest BCUT2D eigenvalue weighted by Gasteiger charge is -2.17. The van der Waals surface area contributed by atoms with Gasteiger partial charge in [0.05, 0.1) is 18.6 Å². The quantitative estimate of drug-likeness (QED) is 0.803. The molecule has 18 heavy (non-hydrogen) atoms. The molecule has 1 atom stereocenters. The topological polar surface area (TPSA) is 45.0 Å². The van der Waals surface area contributed by atoms with Crippen molar-refractivity contribution in [3.8, 4) is 11.8 Å². The SMILES string of the molecule is CCC(CC#N)NCc1ccccc1OC(C)C. The first-order chi connectivity index (χ1) is 8.67. The van der Waals surface area contributed by atoms with Gasteiger partial charge in [0.25, 0.3) is 0 Å². The van der Waals surface area contributed by atoms with E-state index in [0.29, 0.717) is 6.42 Å². The van der Waals surface area contributed by atoms with Crippen LogP contribution in [0.15, 0.2) is 24.3 Å². The van der Waals surface area contributed by atoms with Crippen molar-refractivity contribution >= 4 is 0 Å². The molecular formula is C15H22N2O. The van der Waals surface area contributed by atoms with Crippen LogP contribution in [0.1, 0.15) is 39.2 Å². The minimum Gasteiger partial charge on any atom is -0.491 e. The summed E-state index contributed by atoms with van der Waals surface area (Å²) in [5, 5.41) is 12.1. The van der Waals surface area contributed by atoms with Crippen molar-refractivity contribution in [2.24, 2.45) is 0 Å². The molecule has 0 spiro atoms. The molecule has 0 aliphatic heterocycles. The second-order valence-electron chi connectivity index (χ2n) is 4.62. The lowest BCUT2D eigenvalue weighted by Crippen LogP contribution is -2.27. The van der Waals surface area contributed by atoms with Gasteiger partial charge < -0.3 is 10.1 Å². The van der Waals surface area contributed by atoms with Gasteiger partial charge in [-0.2, -0.15) is 5.26 Å². The van der Waals surface area contributed by atoms with Crippen LogP contribution in [-0.2, 0) is 6.54 Å². The van der Waals surface area contributed by atoms with E-state index in [9.17, 15) is 0 Å². The first-order valence-corrected chi connectivity index (χ1v) is 6.52. The van der Waals surface area contributed by atoms with Crippen LogP contribution in [0.4, 0.5) is 0 Å². The number of para-hydroxylation sites is 1. The molecule has 0 radical (unpaired) electrons. The van der Waals surface area contributed by atoms with E-state index < -0.39 is 0 Å². The smallest absolute Gasteiger partial charge is 0.124 e. The summed E-state index contributed by atoms with van der Waals surface area (Å²) >= 11 is 0. The molecule has 0 fully saturated rings. The Hall–Kier alpha value is -1.53. The molecular weight excluding hydrogens is 224 g/mol. The van der Waals surface area contributed by atoms with Gasteiger partial charge in [-0.15, -0.1) is 0 Å². The van der Waals surface area contributed by atoms with Gasteiger partial charge in [-0.25, -0.2) is 0 Å². The van der Waals surface area contributed by atoms with E-state index in [2.05, 4.69) is 24.4 Å². The van der Waals surface area contributed by atoms with Gasteiger partial charge in [0.15, 0.2) is 0 Å². The molecule has 1 unspecified atom stereocenters. The first-order valence-electron chi connectivity index (χ1n) is 6.52. The van der Waals surface area contributed by atoms with E-state index in [1.807, 2.05) is 32.0 Å².